The van der Waals surface area contributed by atoms with Crippen LogP contribution >= 0.6 is 0 Å². The molecule has 3 aromatic carbocycles. The fourth-order valence-corrected chi connectivity index (χ4v) is 4.12. The zero-order valence-electron chi connectivity index (χ0n) is 17.9. The molecule has 0 aliphatic carbocycles. The van der Waals surface area contributed by atoms with E-state index in [1.54, 1.807) is 11.8 Å². The molecular weight excluding hydrogens is 404 g/mol. The maximum absolute atomic E-state index is 13.2. The molecule has 1 aliphatic rings. The number of ether oxygens (including phenoxy) is 1. The highest BCUT2D eigenvalue weighted by molar-refractivity contribution is 6.07. The van der Waals surface area contributed by atoms with Crippen LogP contribution in [-0.2, 0) is 6.54 Å². The molecule has 8 nitrogen and oxygen atoms in total. The minimum absolute atomic E-state index is 0.0875. The Balaban J connectivity index is 1.25. The van der Waals surface area contributed by atoms with Crippen molar-refractivity contribution in [2.24, 2.45) is 0 Å². The second-order valence-electron chi connectivity index (χ2n) is 7.80. The van der Waals surface area contributed by atoms with Gasteiger partial charge in [0.15, 0.2) is 5.82 Å². The first-order chi connectivity index (χ1) is 15.7. The number of amides is 1. The van der Waals surface area contributed by atoms with Crippen LogP contribution in [0, 0.1) is 0 Å². The second kappa shape index (κ2) is 8.76. The zero-order chi connectivity index (χ0) is 21.9. The van der Waals surface area contributed by atoms with Gasteiger partial charge in [0.2, 0.25) is 0 Å². The molecule has 0 N–H and O–H groups in total. The Morgan fingerprint density at radius 2 is 1.69 bits per heavy atom. The maximum Gasteiger partial charge on any atom is 0.254 e. The first-order valence-electron chi connectivity index (χ1n) is 10.6. The summed E-state index contributed by atoms with van der Waals surface area (Å²) in [5.41, 5.74) is 1.65. The molecule has 0 spiro atoms. The van der Waals surface area contributed by atoms with Crippen molar-refractivity contribution in [3.05, 3.63) is 78.1 Å². The lowest BCUT2D eigenvalue weighted by molar-refractivity contribution is 0.0626. The summed E-state index contributed by atoms with van der Waals surface area (Å²) in [4.78, 5) is 17.4. The van der Waals surface area contributed by atoms with Gasteiger partial charge in [0, 0.05) is 31.7 Å². The number of carbonyl (C=O) groups is 1. The standard InChI is InChI=1S/C24H24N6O2/c1-32-20-11-9-19(10-12-20)30-23(25-26-27-30)17-28-13-15-29(16-14-28)24(31)22-8-4-6-18-5-2-3-7-21(18)22/h2-12H,13-17H2,1H3. The van der Waals surface area contributed by atoms with Gasteiger partial charge in [-0.15, -0.1) is 5.10 Å². The molecule has 1 aliphatic heterocycles. The van der Waals surface area contributed by atoms with E-state index in [0.717, 1.165) is 46.7 Å². The summed E-state index contributed by atoms with van der Waals surface area (Å²) in [7, 11) is 1.64. The zero-order valence-corrected chi connectivity index (χ0v) is 17.9. The highest BCUT2D eigenvalue weighted by atomic mass is 16.5. The SMILES string of the molecule is COc1ccc(-n2nnnc2CN2CCN(C(=O)c3cccc4ccccc34)CC2)cc1. The van der Waals surface area contributed by atoms with Gasteiger partial charge in [0.1, 0.15) is 5.75 Å². The fraction of sp³-hybridized carbons (Fsp3) is 0.250. The van der Waals surface area contributed by atoms with Gasteiger partial charge < -0.3 is 9.64 Å². The van der Waals surface area contributed by atoms with Crippen LogP contribution in [0.4, 0.5) is 0 Å². The Labute approximate surface area is 186 Å². The Kier molecular flexibility index (Phi) is 5.51. The minimum Gasteiger partial charge on any atom is -0.497 e. The van der Waals surface area contributed by atoms with Gasteiger partial charge in [-0.05, 0) is 51.5 Å². The number of piperazine rings is 1. The van der Waals surface area contributed by atoms with E-state index < -0.39 is 0 Å². The second-order valence-corrected chi connectivity index (χ2v) is 7.80. The van der Waals surface area contributed by atoms with E-state index >= 15 is 0 Å². The maximum atomic E-state index is 13.2. The van der Waals surface area contributed by atoms with Crippen LogP contribution in [0.15, 0.2) is 66.7 Å². The molecule has 1 aromatic heterocycles. The lowest BCUT2D eigenvalue weighted by atomic mass is 10.0. The molecule has 0 radical (unpaired) electrons. The van der Waals surface area contributed by atoms with Gasteiger partial charge in [-0.25, -0.2) is 0 Å². The van der Waals surface area contributed by atoms with Crippen molar-refractivity contribution in [3.8, 4) is 11.4 Å². The smallest absolute Gasteiger partial charge is 0.254 e. The van der Waals surface area contributed by atoms with Gasteiger partial charge in [-0.2, -0.15) is 4.68 Å². The lowest BCUT2D eigenvalue weighted by Crippen LogP contribution is -2.48. The van der Waals surface area contributed by atoms with Gasteiger partial charge in [0.05, 0.1) is 19.3 Å². The normalized spacial score (nSPS) is 14.6. The van der Waals surface area contributed by atoms with E-state index in [4.69, 9.17) is 4.74 Å². The van der Waals surface area contributed by atoms with Crippen LogP contribution in [0.2, 0.25) is 0 Å². The molecule has 1 saturated heterocycles. The molecule has 8 heteroatoms. The molecule has 1 amide bonds. The van der Waals surface area contributed by atoms with Crippen LogP contribution in [-0.4, -0.2) is 69.2 Å². The van der Waals surface area contributed by atoms with Gasteiger partial charge >= 0.3 is 0 Å². The van der Waals surface area contributed by atoms with Gasteiger partial charge in [-0.1, -0.05) is 36.4 Å². The predicted octanol–water partition coefficient (Wildman–Crippen LogP) is 2.78. The number of carbonyl (C=O) groups excluding carboxylic acids is 1. The van der Waals surface area contributed by atoms with E-state index in [1.165, 1.54) is 0 Å². The third kappa shape index (κ3) is 3.92. The Bertz CT molecular complexity index is 1220. The van der Waals surface area contributed by atoms with Crippen molar-refractivity contribution in [1.82, 2.24) is 30.0 Å². The van der Waals surface area contributed by atoms with Crippen molar-refractivity contribution in [2.75, 3.05) is 33.3 Å². The summed E-state index contributed by atoms with van der Waals surface area (Å²) < 4.78 is 6.97. The number of benzene rings is 3. The summed E-state index contributed by atoms with van der Waals surface area (Å²) >= 11 is 0. The van der Waals surface area contributed by atoms with Crippen molar-refractivity contribution < 1.29 is 9.53 Å². The summed E-state index contributed by atoms with van der Waals surface area (Å²) in [5.74, 6) is 1.64. The molecule has 5 rings (SSSR count). The highest BCUT2D eigenvalue weighted by Gasteiger charge is 2.24. The number of rotatable bonds is 5. The number of hydrogen-bond donors (Lipinski definition) is 0. The molecule has 4 aromatic rings. The summed E-state index contributed by atoms with van der Waals surface area (Å²) in [6.45, 7) is 3.51. The van der Waals surface area contributed by atoms with Crippen molar-refractivity contribution in [3.63, 3.8) is 0 Å². The molecule has 0 unspecified atom stereocenters. The van der Waals surface area contributed by atoms with Crippen LogP contribution in [0.3, 0.4) is 0 Å². The lowest BCUT2D eigenvalue weighted by Gasteiger charge is -2.34. The number of fused-ring (bicyclic) bond motifs is 1. The van der Waals surface area contributed by atoms with Gasteiger partial charge in [-0.3, -0.25) is 9.69 Å². The first kappa shape index (κ1) is 20.1. The molecule has 0 atom stereocenters. The van der Waals surface area contributed by atoms with Crippen molar-refractivity contribution in [2.45, 2.75) is 6.54 Å². The first-order valence-corrected chi connectivity index (χ1v) is 10.6. The summed E-state index contributed by atoms with van der Waals surface area (Å²) in [6, 6.07) is 21.6. The molecule has 2 heterocycles. The van der Waals surface area contributed by atoms with E-state index in [-0.39, 0.29) is 5.91 Å². The van der Waals surface area contributed by atoms with E-state index in [0.29, 0.717) is 19.6 Å². The van der Waals surface area contributed by atoms with Crippen LogP contribution < -0.4 is 4.74 Å². The van der Waals surface area contributed by atoms with Crippen LogP contribution in [0.1, 0.15) is 16.2 Å². The largest absolute Gasteiger partial charge is 0.497 e. The monoisotopic (exact) mass is 428 g/mol. The molecular formula is C24H24N6O2. The van der Waals surface area contributed by atoms with Crippen LogP contribution in [0.25, 0.3) is 16.5 Å². The number of hydrogen-bond acceptors (Lipinski definition) is 6. The Hall–Kier alpha value is -3.78. The predicted molar refractivity (Wildman–Crippen MR) is 121 cm³/mol. The summed E-state index contributed by atoms with van der Waals surface area (Å²) in [5, 5.41) is 14.3. The van der Waals surface area contributed by atoms with Gasteiger partial charge in [0.25, 0.3) is 5.91 Å². The third-order valence-electron chi connectivity index (χ3n) is 5.90. The van der Waals surface area contributed by atoms with E-state index in [1.807, 2.05) is 71.6 Å². The molecule has 162 valence electrons. The number of tetrazole rings is 1. The van der Waals surface area contributed by atoms with Crippen LogP contribution in [0.5, 0.6) is 5.75 Å². The summed E-state index contributed by atoms with van der Waals surface area (Å²) in [6.07, 6.45) is 0. The Morgan fingerprint density at radius 1 is 0.938 bits per heavy atom. The van der Waals surface area contributed by atoms with E-state index in [2.05, 4.69) is 20.4 Å². The topological polar surface area (TPSA) is 76.4 Å². The molecule has 0 bridgehead atoms. The number of aromatic nitrogens is 4. The molecule has 0 saturated carbocycles. The molecule has 32 heavy (non-hydrogen) atoms. The average molecular weight is 428 g/mol. The Morgan fingerprint density at radius 3 is 2.47 bits per heavy atom. The highest BCUT2D eigenvalue weighted by Crippen LogP contribution is 2.21. The number of nitrogens with zero attached hydrogens (tertiary/aromatic N) is 6. The third-order valence-corrected chi connectivity index (χ3v) is 5.90. The molecule has 1 fully saturated rings. The van der Waals surface area contributed by atoms with Crippen molar-refractivity contribution in [1.29, 1.82) is 0 Å². The fourth-order valence-electron chi connectivity index (χ4n) is 4.12. The number of methoxy groups -OCH3 is 1. The minimum atomic E-state index is 0.0875. The van der Waals surface area contributed by atoms with Crippen molar-refractivity contribution >= 4 is 16.7 Å². The quantitative estimate of drug-likeness (QED) is 0.487. The average Bonchev–Trinajstić information content (AvgIpc) is 3.32. The van der Waals surface area contributed by atoms with E-state index in [9.17, 15) is 4.79 Å².